The molecule has 1 aromatic carbocycles. The lowest BCUT2D eigenvalue weighted by molar-refractivity contribution is 0.271. The molecule has 3 nitrogen and oxygen atoms in total. The van der Waals surface area contributed by atoms with Gasteiger partial charge in [-0.15, -0.1) is 0 Å². The van der Waals surface area contributed by atoms with E-state index in [2.05, 4.69) is 42.7 Å². The lowest BCUT2D eigenvalue weighted by Crippen LogP contribution is -2.46. The van der Waals surface area contributed by atoms with Crippen LogP contribution in [0, 0.1) is 13.8 Å². The monoisotopic (exact) mass is 233 g/mol. The zero-order chi connectivity index (χ0) is 12.4. The summed E-state index contributed by atoms with van der Waals surface area (Å²) >= 11 is 0. The molecule has 0 radical (unpaired) electrons. The van der Waals surface area contributed by atoms with Gasteiger partial charge in [0.15, 0.2) is 0 Å². The molecule has 0 unspecified atom stereocenters. The van der Waals surface area contributed by atoms with E-state index in [0.717, 1.165) is 25.3 Å². The number of nitrogen functional groups attached to an aromatic ring is 1. The number of hydrogen-bond acceptors (Lipinski definition) is 3. The highest BCUT2D eigenvalue weighted by molar-refractivity contribution is 5.63. The number of nitrogens with zero attached hydrogens (tertiary/aromatic N) is 2. The molecule has 2 N–H and O–H groups in total. The topological polar surface area (TPSA) is 32.5 Å². The molecule has 0 amide bonds. The fourth-order valence-electron chi connectivity index (χ4n) is 2.47. The van der Waals surface area contributed by atoms with E-state index in [4.69, 9.17) is 5.73 Å². The number of piperazine rings is 1. The molecular formula is C14H23N3. The van der Waals surface area contributed by atoms with E-state index in [1.54, 1.807) is 0 Å². The van der Waals surface area contributed by atoms with Gasteiger partial charge in [-0.25, -0.2) is 0 Å². The average molecular weight is 233 g/mol. The molecule has 17 heavy (non-hydrogen) atoms. The summed E-state index contributed by atoms with van der Waals surface area (Å²) in [5.74, 6) is 0. The van der Waals surface area contributed by atoms with Crippen LogP contribution >= 0.6 is 0 Å². The van der Waals surface area contributed by atoms with Crippen LogP contribution in [0.5, 0.6) is 0 Å². The molecule has 0 atom stereocenters. The second-order valence-electron chi connectivity index (χ2n) is 4.92. The minimum atomic E-state index is 0.901. The molecule has 0 aromatic heterocycles. The highest BCUT2D eigenvalue weighted by Crippen LogP contribution is 2.26. The predicted octanol–water partition coefficient (Wildman–Crippen LogP) is 2.03. The van der Waals surface area contributed by atoms with E-state index in [1.807, 2.05) is 0 Å². The predicted molar refractivity (Wildman–Crippen MR) is 74.7 cm³/mol. The van der Waals surface area contributed by atoms with Crippen molar-refractivity contribution in [2.45, 2.75) is 20.8 Å². The standard InChI is InChI=1S/C14H23N3/c1-4-16-5-7-17(8-6-16)14-10-11(2)13(15)9-12(14)3/h9-10H,4-8,15H2,1-3H3. The second-order valence-corrected chi connectivity index (χ2v) is 4.92. The van der Waals surface area contributed by atoms with Crippen LogP contribution in [0.2, 0.25) is 0 Å². The van der Waals surface area contributed by atoms with Crippen LogP contribution in [0.15, 0.2) is 12.1 Å². The number of rotatable bonds is 2. The first-order valence-corrected chi connectivity index (χ1v) is 6.46. The van der Waals surface area contributed by atoms with Crippen LogP contribution < -0.4 is 10.6 Å². The third kappa shape index (κ3) is 2.55. The van der Waals surface area contributed by atoms with Crippen molar-refractivity contribution < 1.29 is 0 Å². The van der Waals surface area contributed by atoms with Gasteiger partial charge in [0.05, 0.1) is 0 Å². The molecule has 1 saturated heterocycles. The van der Waals surface area contributed by atoms with Gasteiger partial charge in [-0.3, -0.25) is 0 Å². The van der Waals surface area contributed by atoms with Crippen LogP contribution in [0.3, 0.4) is 0 Å². The van der Waals surface area contributed by atoms with Gasteiger partial charge in [0.1, 0.15) is 0 Å². The Labute approximate surface area is 104 Å². The van der Waals surface area contributed by atoms with Gasteiger partial charge >= 0.3 is 0 Å². The zero-order valence-corrected chi connectivity index (χ0v) is 11.2. The molecule has 3 heteroatoms. The summed E-state index contributed by atoms with van der Waals surface area (Å²) in [5, 5.41) is 0. The minimum Gasteiger partial charge on any atom is -0.399 e. The van der Waals surface area contributed by atoms with E-state index in [9.17, 15) is 0 Å². The number of anilines is 2. The van der Waals surface area contributed by atoms with Crippen LogP contribution in [0.1, 0.15) is 18.1 Å². The smallest absolute Gasteiger partial charge is 0.0400 e. The molecular weight excluding hydrogens is 210 g/mol. The molecule has 0 bridgehead atoms. The van der Waals surface area contributed by atoms with Crippen molar-refractivity contribution in [2.75, 3.05) is 43.4 Å². The molecule has 1 heterocycles. The van der Waals surface area contributed by atoms with Crippen molar-refractivity contribution >= 4 is 11.4 Å². The van der Waals surface area contributed by atoms with Crippen molar-refractivity contribution in [2.24, 2.45) is 0 Å². The minimum absolute atomic E-state index is 0.901. The fraction of sp³-hybridized carbons (Fsp3) is 0.571. The maximum absolute atomic E-state index is 5.94. The van der Waals surface area contributed by atoms with Gasteiger partial charge in [0.25, 0.3) is 0 Å². The van der Waals surface area contributed by atoms with Crippen molar-refractivity contribution in [3.8, 4) is 0 Å². The summed E-state index contributed by atoms with van der Waals surface area (Å²) in [7, 11) is 0. The van der Waals surface area contributed by atoms with Gasteiger partial charge < -0.3 is 15.5 Å². The number of hydrogen-bond donors (Lipinski definition) is 1. The highest BCUT2D eigenvalue weighted by atomic mass is 15.3. The third-order valence-corrected chi connectivity index (χ3v) is 3.74. The molecule has 1 aliphatic heterocycles. The number of nitrogens with two attached hydrogens (primary N) is 1. The Hall–Kier alpha value is -1.22. The Kier molecular flexibility index (Phi) is 3.57. The molecule has 1 aromatic rings. The first kappa shape index (κ1) is 12.2. The van der Waals surface area contributed by atoms with Crippen LogP contribution in [0.25, 0.3) is 0 Å². The van der Waals surface area contributed by atoms with Crippen LogP contribution in [0.4, 0.5) is 11.4 Å². The Morgan fingerprint density at radius 1 is 1.06 bits per heavy atom. The molecule has 2 rings (SSSR count). The lowest BCUT2D eigenvalue weighted by Gasteiger charge is -2.36. The molecule has 1 aliphatic rings. The molecule has 94 valence electrons. The van der Waals surface area contributed by atoms with Gasteiger partial charge in [-0.2, -0.15) is 0 Å². The molecule has 0 aliphatic carbocycles. The summed E-state index contributed by atoms with van der Waals surface area (Å²) in [4.78, 5) is 4.98. The van der Waals surface area contributed by atoms with Gasteiger partial charge in [-0.1, -0.05) is 6.92 Å². The van der Waals surface area contributed by atoms with Crippen LogP contribution in [-0.4, -0.2) is 37.6 Å². The van der Waals surface area contributed by atoms with Crippen LogP contribution in [-0.2, 0) is 0 Å². The quantitative estimate of drug-likeness (QED) is 0.793. The fourth-order valence-corrected chi connectivity index (χ4v) is 2.47. The van der Waals surface area contributed by atoms with E-state index >= 15 is 0 Å². The van der Waals surface area contributed by atoms with E-state index in [1.165, 1.54) is 29.9 Å². The van der Waals surface area contributed by atoms with E-state index in [0.29, 0.717) is 0 Å². The van der Waals surface area contributed by atoms with Gasteiger partial charge in [0.2, 0.25) is 0 Å². The van der Waals surface area contributed by atoms with E-state index in [-0.39, 0.29) is 0 Å². The number of likely N-dealkylation sites (N-methyl/N-ethyl adjacent to an activating group) is 1. The largest absolute Gasteiger partial charge is 0.399 e. The summed E-state index contributed by atoms with van der Waals surface area (Å²) in [5.41, 5.74) is 10.7. The number of benzene rings is 1. The van der Waals surface area contributed by atoms with Gasteiger partial charge in [-0.05, 0) is 43.7 Å². The Morgan fingerprint density at radius 3 is 2.29 bits per heavy atom. The zero-order valence-electron chi connectivity index (χ0n) is 11.2. The summed E-state index contributed by atoms with van der Waals surface area (Å²) in [6.07, 6.45) is 0. The third-order valence-electron chi connectivity index (χ3n) is 3.74. The van der Waals surface area contributed by atoms with Gasteiger partial charge in [0, 0.05) is 37.6 Å². The Bertz CT molecular complexity index is 393. The maximum atomic E-state index is 5.94. The second kappa shape index (κ2) is 4.96. The molecule has 0 saturated carbocycles. The first-order valence-electron chi connectivity index (χ1n) is 6.46. The summed E-state index contributed by atoms with van der Waals surface area (Å²) in [6.45, 7) is 12.2. The van der Waals surface area contributed by atoms with Crippen molar-refractivity contribution in [1.29, 1.82) is 0 Å². The summed E-state index contributed by atoms with van der Waals surface area (Å²) < 4.78 is 0. The normalized spacial score (nSPS) is 17.5. The first-order chi connectivity index (χ1) is 8.11. The van der Waals surface area contributed by atoms with Crippen molar-refractivity contribution in [3.05, 3.63) is 23.3 Å². The molecule has 0 spiro atoms. The average Bonchev–Trinajstić information content (AvgIpc) is 2.34. The lowest BCUT2D eigenvalue weighted by atomic mass is 10.1. The van der Waals surface area contributed by atoms with Crippen molar-refractivity contribution in [1.82, 2.24) is 4.90 Å². The highest BCUT2D eigenvalue weighted by Gasteiger charge is 2.17. The molecule has 1 fully saturated rings. The Morgan fingerprint density at radius 2 is 1.71 bits per heavy atom. The Balaban J connectivity index is 2.16. The SMILES string of the molecule is CCN1CCN(c2cc(C)c(N)cc2C)CC1. The summed E-state index contributed by atoms with van der Waals surface area (Å²) in [6, 6.07) is 4.32. The van der Waals surface area contributed by atoms with Crippen molar-refractivity contribution in [3.63, 3.8) is 0 Å². The number of aryl methyl sites for hydroxylation is 2. The van der Waals surface area contributed by atoms with E-state index < -0.39 is 0 Å². The maximum Gasteiger partial charge on any atom is 0.0400 e.